The van der Waals surface area contributed by atoms with Gasteiger partial charge in [-0.1, -0.05) is 6.92 Å². The van der Waals surface area contributed by atoms with Gasteiger partial charge < -0.3 is 9.64 Å². The highest BCUT2D eigenvalue weighted by Crippen LogP contribution is 2.26. The van der Waals surface area contributed by atoms with Gasteiger partial charge in [0.25, 0.3) is 0 Å². The maximum atomic E-state index is 12.1. The number of hydrogen-bond acceptors (Lipinski definition) is 3. The normalized spacial score (nSPS) is 10.2. The van der Waals surface area contributed by atoms with Crippen LogP contribution in [0.25, 0.3) is 0 Å². The minimum Gasteiger partial charge on any atom is -0.469 e. The Hall–Kier alpha value is -1.11. The van der Waals surface area contributed by atoms with Gasteiger partial charge in [0.05, 0.1) is 13.5 Å². The van der Waals surface area contributed by atoms with Crippen LogP contribution in [0.2, 0.25) is 0 Å². The number of ether oxygens (including phenoxy) is 1. The zero-order valence-electron chi connectivity index (χ0n) is 12.3. The number of carbonyl (C=O) groups is 2. The highest BCUT2D eigenvalue weighted by molar-refractivity contribution is 14.1. The molecule has 0 saturated heterocycles. The van der Waals surface area contributed by atoms with Gasteiger partial charge in [-0.3, -0.25) is 9.59 Å². The van der Waals surface area contributed by atoms with Crippen LogP contribution in [0.3, 0.4) is 0 Å². The predicted molar refractivity (Wildman–Crippen MR) is 87.9 cm³/mol. The van der Waals surface area contributed by atoms with Gasteiger partial charge in [0.2, 0.25) is 5.91 Å². The number of aryl methyl sites for hydroxylation is 2. The second kappa shape index (κ2) is 7.61. The Morgan fingerprint density at radius 3 is 2.45 bits per heavy atom. The van der Waals surface area contributed by atoms with Crippen LogP contribution in [0.4, 0.5) is 5.69 Å². The van der Waals surface area contributed by atoms with Gasteiger partial charge in [-0.05, 0) is 59.7 Å². The van der Waals surface area contributed by atoms with E-state index in [0.29, 0.717) is 13.0 Å². The highest BCUT2D eigenvalue weighted by Gasteiger charge is 2.18. The first-order valence-corrected chi connectivity index (χ1v) is 7.62. The van der Waals surface area contributed by atoms with E-state index in [1.54, 1.807) is 4.90 Å². The van der Waals surface area contributed by atoms with E-state index in [4.69, 9.17) is 0 Å². The lowest BCUT2D eigenvalue weighted by Crippen LogP contribution is -2.33. The zero-order valence-corrected chi connectivity index (χ0v) is 14.5. The van der Waals surface area contributed by atoms with Crippen LogP contribution in [0.15, 0.2) is 12.1 Å². The van der Waals surface area contributed by atoms with Crippen LogP contribution in [-0.2, 0) is 14.3 Å². The lowest BCUT2D eigenvalue weighted by molar-refractivity contribution is -0.140. The van der Waals surface area contributed by atoms with Gasteiger partial charge in [0.15, 0.2) is 0 Å². The molecule has 0 fully saturated rings. The second-order valence-corrected chi connectivity index (χ2v) is 5.78. The number of halogens is 1. The van der Waals surface area contributed by atoms with Gasteiger partial charge >= 0.3 is 5.97 Å². The third kappa shape index (κ3) is 4.19. The average Bonchev–Trinajstić information content (AvgIpc) is 2.43. The maximum absolute atomic E-state index is 12.1. The first-order chi connectivity index (χ1) is 9.40. The van der Waals surface area contributed by atoms with Crippen molar-refractivity contribution in [3.63, 3.8) is 0 Å². The van der Waals surface area contributed by atoms with Gasteiger partial charge in [0.1, 0.15) is 0 Å². The molecule has 0 atom stereocenters. The van der Waals surface area contributed by atoms with Crippen molar-refractivity contribution in [1.82, 2.24) is 0 Å². The molecule has 0 N–H and O–H groups in total. The highest BCUT2D eigenvalue weighted by atomic mass is 127. The predicted octanol–water partition coefficient (Wildman–Crippen LogP) is 3.21. The quantitative estimate of drug-likeness (QED) is 0.574. The number of rotatable bonds is 5. The Balaban J connectivity index is 3.08. The Labute approximate surface area is 133 Å². The van der Waals surface area contributed by atoms with Gasteiger partial charge in [-0.25, -0.2) is 0 Å². The summed E-state index contributed by atoms with van der Waals surface area (Å²) < 4.78 is 5.81. The van der Waals surface area contributed by atoms with E-state index in [1.165, 1.54) is 10.7 Å². The topological polar surface area (TPSA) is 46.6 Å². The van der Waals surface area contributed by atoms with E-state index < -0.39 is 0 Å². The summed E-state index contributed by atoms with van der Waals surface area (Å²) >= 11 is 2.28. The van der Waals surface area contributed by atoms with E-state index >= 15 is 0 Å². The Morgan fingerprint density at radius 1 is 1.25 bits per heavy atom. The third-order valence-corrected chi connectivity index (χ3v) is 4.30. The van der Waals surface area contributed by atoms with Crippen molar-refractivity contribution in [1.29, 1.82) is 0 Å². The van der Waals surface area contributed by atoms with Crippen molar-refractivity contribution in [2.75, 3.05) is 18.6 Å². The molecule has 4 nitrogen and oxygen atoms in total. The number of benzene rings is 1. The summed E-state index contributed by atoms with van der Waals surface area (Å²) in [6.45, 7) is 6.16. The van der Waals surface area contributed by atoms with E-state index in [-0.39, 0.29) is 18.3 Å². The molecule has 0 aliphatic carbocycles. The molecule has 1 aromatic carbocycles. The summed E-state index contributed by atoms with van der Waals surface area (Å²) in [5.74, 6) is -0.295. The Kier molecular flexibility index (Phi) is 6.45. The van der Waals surface area contributed by atoms with Crippen LogP contribution in [0.5, 0.6) is 0 Å². The lowest BCUT2D eigenvalue weighted by atomic mass is 10.1. The van der Waals surface area contributed by atoms with Gasteiger partial charge in [-0.2, -0.15) is 0 Å². The minimum absolute atomic E-state index is 0.0117. The number of amides is 1. The SMILES string of the molecule is CCC(=O)N(CCC(=O)OC)c1cc(C)c(I)cc1C. The van der Waals surface area contributed by atoms with Crippen molar-refractivity contribution in [2.45, 2.75) is 33.6 Å². The van der Waals surface area contributed by atoms with E-state index in [0.717, 1.165) is 16.8 Å². The van der Waals surface area contributed by atoms with Gasteiger partial charge in [-0.15, -0.1) is 0 Å². The molecule has 0 unspecified atom stereocenters. The van der Waals surface area contributed by atoms with Crippen molar-refractivity contribution in [3.8, 4) is 0 Å². The van der Waals surface area contributed by atoms with Crippen molar-refractivity contribution < 1.29 is 14.3 Å². The van der Waals surface area contributed by atoms with Gasteiger partial charge in [0, 0.05) is 22.2 Å². The number of anilines is 1. The molecule has 0 aliphatic heterocycles. The van der Waals surface area contributed by atoms with Crippen LogP contribution < -0.4 is 4.90 Å². The summed E-state index contributed by atoms with van der Waals surface area (Å²) in [5.41, 5.74) is 3.03. The smallest absolute Gasteiger partial charge is 0.307 e. The summed E-state index contributed by atoms with van der Waals surface area (Å²) in [4.78, 5) is 25.1. The fourth-order valence-electron chi connectivity index (χ4n) is 1.93. The maximum Gasteiger partial charge on any atom is 0.307 e. The zero-order chi connectivity index (χ0) is 15.3. The number of nitrogens with zero attached hydrogens (tertiary/aromatic N) is 1. The summed E-state index contributed by atoms with van der Waals surface area (Å²) in [7, 11) is 1.36. The molecule has 5 heteroatoms. The van der Waals surface area contributed by atoms with Crippen LogP contribution >= 0.6 is 22.6 Å². The summed E-state index contributed by atoms with van der Waals surface area (Å²) in [5, 5.41) is 0. The molecule has 0 spiro atoms. The average molecular weight is 389 g/mol. The van der Waals surface area contributed by atoms with Crippen LogP contribution in [0.1, 0.15) is 30.9 Å². The number of hydrogen-bond donors (Lipinski definition) is 0. The van der Waals surface area contributed by atoms with E-state index in [1.807, 2.05) is 26.8 Å². The molecule has 0 aliphatic rings. The number of esters is 1. The molecule has 20 heavy (non-hydrogen) atoms. The Bertz CT molecular complexity index is 514. The first kappa shape index (κ1) is 16.9. The molecular weight excluding hydrogens is 369 g/mol. The molecule has 1 rings (SSSR count). The fourth-order valence-corrected chi connectivity index (χ4v) is 2.55. The van der Waals surface area contributed by atoms with E-state index in [9.17, 15) is 9.59 Å². The third-order valence-electron chi connectivity index (χ3n) is 3.14. The first-order valence-electron chi connectivity index (χ1n) is 6.54. The Morgan fingerprint density at radius 2 is 1.90 bits per heavy atom. The van der Waals surface area contributed by atoms with Crippen molar-refractivity contribution >= 4 is 40.2 Å². The van der Waals surface area contributed by atoms with Crippen molar-refractivity contribution in [2.24, 2.45) is 0 Å². The lowest BCUT2D eigenvalue weighted by Gasteiger charge is -2.24. The summed E-state index contributed by atoms with van der Waals surface area (Å²) in [6.07, 6.45) is 0.609. The monoisotopic (exact) mass is 389 g/mol. The van der Waals surface area contributed by atoms with Crippen molar-refractivity contribution in [3.05, 3.63) is 26.8 Å². The molecule has 1 amide bonds. The number of carbonyl (C=O) groups excluding carboxylic acids is 2. The largest absolute Gasteiger partial charge is 0.469 e. The molecule has 0 saturated carbocycles. The second-order valence-electron chi connectivity index (χ2n) is 4.61. The molecule has 110 valence electrons. The summed E-state index contributed by atoms with van der Waals surface area (Å²) in [6, 6.07) is 4.06. The molecule has 0 aromatic heterocycles. The standard InChI is InChI=1S/C15H20INO3/c1-5-14(18)17(7-6-15(19)20-4)13-9-10(2)12(16)8-11(13)3/h8-9H,5-7H2,1-4H3. The fraction of sp³-hybridized carbons (Fsp3) is 0.467. The van der Waals surface area contributed by atoms with Crippen LogP contribution in [-0.4, -0.2) is 25.5 Å². The molecule has 0 bridgehead atoms. The van der Waals surface area contributed by atoms with Crippen LogP contribution in [0, 0.1) is 17.4 Å². The molecule has 0 radical (unpaired) electrons. The molecule has 1 aromatic rings. The molecular formula is C15H20INO3. The minimum atomic E-state index is -0.307. The van der Waals surface area contributed by atoms with E-state index in [2.05, 4.69) is 33.4 Å². The molecule has 0 heterocycles. The number of methoxy groups -OCH3 is 1.